The van der Waals surface area contributed by atoms with Gasteiger partial charge in [-0.05, 0) is 42.3 Å². The summed E-state index contributed by atoms with van der Waals surface area (Å²) >= 11 is 1.08. The third-order valence-corrected chi connectivity index (χ3v) is 8.80. The number of esters is 3. The van der Waals surface area contributed by atoms with Crippen molar-refractivity contribution in [2.45, 2.75) is 67.5 Å². The lowest BCUT2D eigenvalue weighted by atomic mass is 9.89. The Labute approximate surface area is 278 Å². The highest BCUT2D eigenvalue weighted by molar-refractivity contribution is 8.01. The van der Waals surface area contributed by atoms with E-state index in [0.717, 1.165) is 22.9 Å². The van der Waals surface area contributed by atoms with Crippen LogP contribution < -0.4 is 11.1 Å². The second-order valence-electron chi connectivity index (χ2n) is 10.9. The van der Waals surface area contributed by atoms with Gasteiger partial charge in [-0.1, -0.05) is 72.4 Å². The standard InChI is InChI=1S/C35H40N2O9S/c1-5-43-31(29(45-23(3)39)21-37-33(40)26-18-16-25(17-19-26)24-12-8-6-9-13-24)32-30(36)28(44-22(2)38)20-35(46-32,34(41)42-4)47-27-14-10-7-11-15-27/h6-19,28-32H,5,20-21,36H2,1-4H3,(H,37,40)/t28-,29?,30-,31-,32?,35?/m1/s1. The first-order valence-corrected chi connectivity index (χ1v) is 16.0. The molecule has 1 aliphatic heterocycles. The van der Waals surface area contributed by atoms with Gasteiger partial charge in [-0.25, -0.2) is 4.79 Å². The van der Waals surface area contributed by atoms with Crippen LogP contribution in [0.1, 0.15) is 37.6 Å². The molecule has 1 fully saturated rings. The van der Waals surface area contributed by atoms with Gasteiger partial charge in [0.2, 0.25) is 4.93 Å². The molecule has 47 heavy (non-hydrogen) atoms. The van der Waals surface area contributed by atoms with Gasteiger partial charge in [0.05, 0.1) is 19.7 Å². The molecule has 3 aromatic rings. The van der Waals surface area contributed by atoms with Crippen LogP contribution in [0.2, 0.25) is 0 Å². The van der Waals surface area contributed by atoms with Crippen LogP contribution >= 0.6 is 11.8 Å². The van der Waals surface area contributed by atoms with E-state index < -0.39 is 59.2 Å². The molecule has 0 saturated carbocycles. The van der Waals surface area contributed by atoms with Gasteiger partial charge in [-0.2, -0.15) is 0 Å². The highest BCUT2D eigenvalue weighted by atomic mass is 32.2. The molecular weight excluding hydrogens is 624 g/mol. The lowest BCUT2D eigenvalue weighted by Gasteiger charge is -2.47. The van der Waals surface area contributed by atoms with Crippen LogP contribution in [0.25, 0.3) is 11.1 Å². The average Bonchev–Trinajstić information content (AvgIpc) is 3.07. The molecule has 0 aliphatic carbocycles. The minimum absolute atomic E-state index is 0.122. The first-order chi connectivity index (χ1) is 22.6. The summed E-state index contributed by atoms with van der Waals surface area (Å²) in [4.78, 5) is 50.2. The van der Waals surface area contributed by atoms with E-state index in [4.69, 9.17) is 29.4 Å². The van der Waals surface area contributed by atoms with Crippen molar-refractivity contribution in [1.82, 2.24) is 5.32 Å². The lowest BCUT2D eigenvalue weighted by molar-refractivity contribution is -0.217. The molecule has 3 unspecified atom stereocenters. The number of rotatable bonds is 13. The number of ether oxygens (including phenoxy) is 5. The Kier molecular flexibility index (Phi) is 12.5. The van der Waals surface area contributed by atoms with Crippen LogP contribution in [0, 0.1) is 0 Å². The fraction of sp³-hybridized carbons (Fsp3) is 0.371. The molecule has 6 atom stereocenters. The Morgan fingerprint density at radius 3 is 2.13 bits per heavy atom. The van der Waals surface area contributed by atoms with Gasteiger partial charge in [-0.15, -0.1) is 0 Å². The summed E-state index contributed by atoms with van der Waals surface area (Å²) in [5.41, 5.74) is 9.02. The second-order valence-corrected chi connectivity index (χ2v) is 12.2. The quantitative estimate of drug-likeness (QED) is 0.200. The van der Waals surface area contributed by atoms with E-state index in [2.05, 4.69) is 5.32 Å². The fourth-order valence-electron chi connectivity index (χ4n) is 5.44. The minimum atomic E-state index is -1.71. The van der Waals surface area contributed by atoms with Crippen molar-refractivity contribution in [2.75, 3.05) is 20.3 Å². The molecule has 4 rings (SSSR count). The summed E-state index contributed by atoms with van der Waals surface area (Å²) in [7, 11) is 1.23. The summed E-state index contributed by atoms with van der Waals surface area (Å²) in [6.07, 6.45) is -4.49. The molecule has 1 heterocycles. The molecule has 0 spiro atoms. The van der Waals surface area contributed by atoms with E-state index in [1.54, 1.807) is 43.3 Å². The van der Waals surface area contributed by atoms with Crippen molar-refractivity contribution >= 4 is 35.6 Å². The minimum Gasteiger partial charge on any atom is -0.466 e. The van der Waals surface area contributed by atoms with Gasteiger partial charge in [0.25, 0.3) is 5.91 Å². The fourth-order valence-corrected chi connectivity index (χ4v) is 6.68. The first kappa shape index (κ1) is 35.6. The van der Waals surface area contributed by atoms with E-state index in [1.165, 1.54) is 21.0 Å². The Morgan fingerprint density at radius 2 is 1.55 bits per heavy atom. The van der Waals surface area contributed by atoms with Crippen molar-refractivity contribution < 1.29 is 42.9 Å². The topological polar surface area (TPSA) is 152 Å². The Morgan fingerprint density at radius 1 is 0.936 bits per heavy atom. The predicted octanol–water partition coefficient (Wildman–Crippen LogP) is 4.13. The molecule has 0 bridgehead atoms. The third kappa shape index (κ3) is 9.19. The average molecular weight is 665 g/mol. The van der Waals surface area contributed by atoms with Crippen LogP contribution in [-0.4, -0.2) is 79.5 Å². The molecule has 1 amide bonds. The monoisotopic (exact) mass is 664 g/mol. The van der Waals surface area contributed by atoms with Crippen LogP contribution in [0.15, 0.2) is 89.8 Å². The zero-order valence-electron chi connectivity index (χ0n) is 26.8. The number of benzene rings is 3. The molecule has 250 valence electrons. The number of thioether (sulfide) groups is 1. The number of methoxy groups -OCH3 is 1. The molecular formula is C35H40N2O9S. The Bertz CT molecular complexity index is 1510. The van der Waals surface area contributed by atoms with Crippen LogP contribution in [0.5, 0.6) is 0 Å². The molecule has 3 aromatic carbocycles. The maximum atomic E-state index is 13.5. The van der Waals surface area contributed by atoms with Gasteiger partial charge in [-0.3, -0.25) is 14.4 Å². The summed E-state index contributed by atoms with van der Waals surface area (Å²) in [5, 5.41) is 2.82. The second kappa shape index (κ2) is 16.6. The lowest BCUT2D eigenvalue weighted by Crippen LogP contribution is -2.66. The number of nitrogens with two attached hydrogens (primary N) is 1. The molecule has 3 N–H and O–H groups in total. The molecule has 1 aliphatic rings. The SMILES string of the molecule is CCO[C@H](C(CNC(=O)c1ccc(-c2ccccc2)cc1)OC(C)=O)C1OC(Sc2ccccc2)(C(=O)OC)C[C@@H](OC(C)=O)[C@H]1N. The number of carbonyl (C=O) groups is 4. The van der Waals surface area contributed by atoms with Crippen LogP contribution in [0.3, 0.4) is 0 Å². The van der Waals surface area contributed by atoms with E-state index in [0.29, 0.717) is 10.5 Å². The van der Waals surface area contributed by atoms with Crippen molar-refractivity contribution in [2.24, 2.45) is 5.73 Å². The summed E-state index contributed by atoms with van der Waals surface area (Å²) in [6.45, 7) is 4.16. The van der Waals surface area contributed by atoms with Crippen LogP contribution in [0.4, 0.5) is 0 Å². The highest BCUT2D eigenvalue weighted by Gasteiger charge is 2.57. The van der Waals surface area contributed by atoms with Gasteiger partial charge < -0.3 is 34.7 Å². The van der Waals surface area contributed by atoms with Crippen molar-refractivity contribution in [3.8, 4) is 11.1 Å². The predicted molar refractivity (Wildman–Crippen MR) is 175 cm³/mol. The summed E-state index contributed by atoms with van der Waals surface area (Å²) in [6, 6.07) is 24.9. The third-order valence-electron chi connectivity index (χ3n) is 7.53. The van der Waals surface area contributed by atoms with E-state index in [-0.39, 0.29) is 19.6 Å². The van der Waals surface area contributed by atoms with Crippen LogP contribution in [-0.2, 0) is 38.1 Å². The van der Waals surface area contributed by atoms with Crippen molar-refractivity contribution in [3.63, 3.8) is 0 Å². The number of hydrogen-bond acceptors (Lipinski definition) is 11. The van der Waals surface area contributed by atoms with Gasteiger partial charge in [0.15, 0.2) is 0 Å². The number of nitrogens with one attached hydrogen (secondary N) is 1. The maximum absolute atomic E-state index is 13.5. The maximum Gasteiger partial charge on any atom is 0.349 e. The molecule has 0 aromatic heterocycles. The summed E-state index contributed by atoms with van der Waals surface area (Å²) < 4.78 is 29.1. The van der Waals surface area contributed by atoms with E-state index >= 15 is 0 Å². The largest absolute Gasteiger partial charge is 0.466 e. The molecule has 0 radical (unpaired) electrons. The molecule has 11 nitrogen and oxygen atoms in total. The van der Waals surface area contributed by atoms with Gasteiger partial charge in [0.1, 0.15) is 24.4 Å². The van der Waals surface area contributed by atoms with Gasteiger partial charge >= 0.3 is 17.9 Å². The number of amides is 1. The van der Waals surface area contributed by atoms with E-state index in [1.807, 2.05) is 48.5 Å². The zero-order valence-corrected chi connectivity index (χ0v) is 27.6. The Hall–Kier alpha value is -4.23. The van der Waals surface area contributed by atoms with E-state index in [9.17, 15) is 19.2 Å². The van der Waals surface area contributed by atoms with Crippen molar-refractivity contribution in [1.29, 1.82) is 0 Å². The first-order valence-electron chi connectivity index (χ1n) is 15.2. The molecule has 1 saturated heterocycles. The number of hydrogen-bond donors (Lipinski definition) is 2. The van der Waals surface area contributed by atoms with Crippen molar-refractivity contribution in [3.05, 3.63) is 90.5 Å². The Balaban J connectivity index is 1.63. The zero-order chi connectivity index (χ0) is 34.0. The number of carbonyl (C=O) groups excluding carboxylic acids is 4. The summed E-state index contributed by atoms with van der Waals surface area (Å²) in [5.74, 6) is -2.39. The highest BCUT2D eigenvalue weighted by Crippen LogP contribution is 2.45. The van der Waals surface area contributed by atoms with Gasteiger partial charge in [0, 0.05) is 37.3 Å². The molecule has 12 heteroatoms. The smallest absolute Gasteiger partial charge is 0.349 e. The normalized spacial score (nSPS) is 21.9.